The molecule has 0 fully saturated rings. The number of aryl methyl sites for hydroxylation is 1. The van der Waals surface area contributed by atoms with E-state index in [0.29, 0.717) is 17.5 Å². The van der Waals surface area contributed by atoms with Gasteiger partial charge in [-0.25, -0.2) is 0 Å². The maximum absolute atomic E-state index is 6.13. The first-order valence-corrected chi connectivity index (χ1v) is 7.31. The molecule has 108 valence electrons. The molecule has 0 radical (unpaired) electrons. The van der Waals surface area contributed by atoms with Crippen LogP contribution >= 0.6 is 11.6 Å². The van der Waals surface area contributed by atoms with E-state index in [2.05, 4.69) is 48.0 Å². The van der Waals surface area contributed by atoms with Crippen molar-refractivity contribution in [1.82, 2.24) is 0 Å². The van der Waals surface area contributed by atoms with Crippen molar-refractivity contribution in [1.29, 1.82) is 0 Å². The van der Waals surface area contributed by atoms with Crippen LogP contribution in [0.1, 0.15) is 18.1 Å². The van der Waals surface area contributed by atoms with Gasteiger partial charge in [-0.05, 0) is 43.7 Å². The lowest BCUT2D eigenvalue weighted by molar-refractivity contribution is 0.533. The molecule has 2 N–H and O–H groups in total. The molecule has 3 nitrogen and oxygen atoms in total. The van der Waals surface area contributed by atoms with E-state index in [1.54, 1.807) is 0 Å². The Morgan fingerprint density at radius 2 is 1.71 bits per heavy atom. The van der Waals surface area contributed by atoms with Gasteiger partial charge in [0.15, 0.2) is 5.96 Å². The minimum Gasteiger partial charge on any atom is -0.369 e. The van der Waals surface area contributed by atoms with E-state index in [9.17, 15) is 0 Å². The number of halogens is 1. The summed E-state index contributed by atoms with van der Waals surface area (Å²) in [5, 5.41) is 0.713. The van der Waals surface area contributed by atoms with E-state index in [1.165, 1.54) is 11.1 Å². The maximum atomic E-state index is 6.13. The smallest absolute Gasteiger partial charge is 0.196 e. The number of hydrogen-bond acceptors (Lipinski definition) is 3. The summed E-state index contributed by atoms with van der Waals surface area (Å²) < 4.78 is 0. The lowest BCUT2D eigenvalue weighted by Crippen LogP contribution is -2.47. The molecular formula is C17H18ClN3. The Hall–Kier alpha value is -2.00. The fourth-order valence-electron chi connectivity index (χ4n) is 2.77. The number of rotatable bonds is 2. The van der Waals surface area contributed by atoms with Crippen molar-refractivity contribution in [3.05, 3.63) is 64.7 Å². The molecule has 1 aliphatic heterocycles. The highest BCUT2D eigenvalue weighted by atomic mass is 35.5. The second-order valence-corrected chi connectivity index (χ2v) is 6.06. The summed E-state index contributed by atoms with van der Waals surface area (Å²) in [5.41, 5.74) is 9.31. The standard InChI is InChI=1S/C17H18ClN3/c1-12-3-5-13(6-4-12)17(2)11-20-16(19)21(17)15-9-7-14(18)8-10-15/h3-10H,11H2,1-2H3,(H2,19,20). The molecule has 1 heterocycles. The Bertz CT molecular complexity index is 676. The first kappa shape index (κ1) is 14.0. The van der Waals surface area contributed by atoms with Gasteiger partial charge in [-0.15, -0.1) is 0 Å². The van der Waals surface area contributed by atoms with Gasteiger partial charge in [-0.2, -0.15) is 0 Å². The van der Waals surface area contributed by atoms with E-state index in [1.807, 2.05) is 24.3 Å². The van der Waals surface area contributed by atoms with E-state index in [0.717, 1.165) is 5.69 Å². The summed E-state index contributed by atoms with van der Waals surface area (Å²) in [7, 11) is 0. The first-order chi connectivity index (χ1) is 10.0. The van der Waals surface area contributed by atoms with Crippen LogP contribution < -0.4 is 10.6 Å². The van der Waals surface area contributed by atoms with Crippen LogP contribution in [0.2, 0.25) is 5.02 Å². The fraction of sp³-hybridized carbons (Fsp3) is 0.235. The Labute approximate surface area is 130 Å². The molecule has 0 saturated carbocycles. The quantitative estimate of drug-likeness (QED) is 0.918. The summed E-state index contributed by atoms with van der Waals surface area (Å²) >= 11 is 5.98. The van der Waals surface area contributed by atoms with Gasteiger partial charge < -0.3 is 10.6 Å². The number of nitrogens with zero attached hydrogens (tertiary/aromatic N) is 2. The third-order valence-corrected chi connectivity index (χ3v) is 4.28. The largest absolute Gasteiger partial charge is 0.369 e. The zero-order valence-electron chi connectivity index (χ0n) is 12.2. The minimum absolute atomic E-state index is 0.272. The van der Waals surface area contributed by atoms with Gasteiger partial charge in [0.2, 0.25) is 0 Å². The molecule has 1 atom stereocenters. The molecular weight excluding hydrogens is 282 g/mol. The summed E-state index contributed by atoms with van der Waals surface area (Å²) in [5.74, 6) is 0.542. The molecule has 0 amide bonds. The molecule has 4 heteroatoms. The zero-order chi connectivity index (χ0) is 15.0. The van der Waals surface area contributed by atoms with Crippen molar-refractivity contribution in [2.45, 2.75) is 19.4 Å². The summed E-state index contributed by atoms with van der Waals surface area (Å²) in [6.45, 7) is 4.89. The number of anilines is 1. The van der Waals surface area contributed by atoms with Crippen LogP contribution in [-0.2, 0) is 5.54 Å². The van der Waals surface area contributed by atoms with Gasteiger partial charge in [0, 0.05) is 10.7 Å². The van der Waals surface area contributed by atoms with Crippen molar-refractivity contribution in [2.75, 3.05) is 11.4 Å². The van der Waals surface area contributed by atoms with Crippen LogP contribution in [0.5, 0.6) is 0 Å². The second-order valence-electron chi connectivity index (χ2n) is 5.63. The third kappa shape index (κ3) is 2.38. The van der Waals surface area contributed by atoms with Crippen molar-refractivity contribution >= 4 is 23.2 Å². The van der Waals surface area contributed by atoms with Gasteiger partial charge in [0.05, 0.1) is 12.1 Å². The van der Waals surface area contributed by atoms with Crippen LogP contribution in [0.4, 0.5) is 5.69 Å². The lowest BCUT2D eigenvalue weighted by Gasteiger charge is -2.36. The Morgan fingerprint density at radius 3 is 2.33 bits per heavy atom. The molecule has 0 saturated heterocycles. The van der Waals surface area contributed by atoms with Gasteiger partial charge in [-0.1, -0.05) is 41.4 Å². The van der Waals surface area contributed by atoms with E-state index >= 15 is 0 Å². The lowest BCUT2D eigenvalue weighted by atomic mass is 9.90. The molecule has 2 aromatic rings. The zero-order valence-corrected chi connectivity index (χ0v) is 12.9. The van der Waals surface area contributed by atoms with Gasteiger partial charge in [-0.3, -0.25) is 4.99 Å². The van der Waals surface area contributed by atoms with Crippen molar-refractivity contribution in [3.63, 3.8) is 0 Å². The van der Waals surface area contributed by atoms with Gasteiger partial charge in [0.25, 0.3) is 0 Å². The number of benzene rings is 2. The molecule has 0 bridgehead atoms. The molecule has 0 aromatic heterocycles. The Balaban J connectivity index is 2.05. The van der Waals surface area contributed by atoms with Gasteiger partial charge >= 0.3 is 0 Å². The van der Waals surface area contributed by atoms with Crippen molar-refractivity contribution < 1.29 is 0 Å². The number of nitrogens with two attached hydrogens (primary N) is 1. The highest BCUT2D eigenvalue weighted by molar-refractivity contribution is 6.30. The van der Waals surface area contributed by atoms with Crippen LogP contribution in [0, 0.1) is 6.92 Å². The highest BCUT2D eigenvalue weighted by Crippen LogP contribution is 2.37. The van der Waals surface area contributed by atoms with Crippen LogP contribution in [0.15, 0.2) is 53.5 Å². The molecule has 2 aromatic carbocycles. The Morgan fingerprint density at radius 1 is 1.10 bits per heavy atom. The molecule has 21 heavy (non-hydrogen) atoms. The predicted molar refractivity (Wildman–Crippen MR) is 89.0 cm³/mol. The number of hydrogen-bond donors (Lipinski definition) is 1. The topological polar surface area (TPSA) is 41.6 Å². The normalized spacial score (nSPS) is 21.5. The predicted octanol–water partition coefficient (Wildman–Crippen LogP) is 3.70. The average Bonchev–Trinajstić information content (AvgIpc) is 2.78. The molecule has 0 spiro atoms. The first-order valence-electron chi connectivity index (χ1n) is 6.93. The molecule has 1 unspecified atom stereocenters. The molecule has 3 rings (SSSR count). The monoisotopic (exact) mass is 299 g/mol. The third-order valence-electron chi connectivity index (χ3n) is 4.03. The Kier molecular flexibility index (Phi) is 3.38. The summed E-state index contributed by atoms with van der Waals surface area (Å²) in [4.78, 5) is 6.53. The second kappa shape index (κ2) is 5.08. The van der Waals surface area contributed by atoms with Crippen LogP contribution in [-0.4, -0.2) is 12.5 Å². The fourth-order valence-corrected chi connectivity index (χ4v) is 2.90. The van der Waals surface area contributed by atoms with Crippen molar-refractivity contribution in [3.8, 4) is 0 Å². The molecule has 0 aliphatic carbocycles. The maximum Gasteiger partial charge on any atom is 0.196 e. The summed E-state index contributed by atoms with van der Waals surface area (Å²) in [6, 6.07) is 16.2. The van der Waals surface area contributed by atoms with E-state index < -0.39 is 0 Å². The minimum atomic E-state index is -0.272. The highest BCUT2D eigenvalue weighted by Gasteiger charge is 2.40. The van der Waals surface area contributed by atoms with E-state index in [-0.39, 0.29) is 5.54 Å². The molecule has 1 aliphatic rings. The SMILES string of the molecule is Cc1ccc(C2(C)CN=C(N)N2c2ccc(Cl)cc2)cc1. The van der Waals surface area contributed by atoms with E-state index in [4.69, 9.17) is 17.3 Å². The van der Waals surface area contributed by atoms with Crippen LogP contribution in [0.25, 0.3) is 0 Å². The summed E-state index contributed by atoms with van der Waals surface area (Å²) in [6.07, 6.45) is 0. The number of aliphatic imine (C=N–C) groups is 1. The van der Waals surface area contributed by atoms with Crippen LogP contribution in [0.3, 0.4) is 0 Å². The average molecular weight is 300 g/mol. The van der Waals surface area contributed by atoms with Gasteiger partial charge in [0.1, 0.15) is 0 Å². The van der Waals surface area contributed by atoms with Crippen molar-refractivity contribution in [2.24, 2.45) is 10.7 Å². The number of guanidine groups is 1.